The summed E-state index contributed by atoms with van der Waals surface area (Å²) in [7, 11) is 4.13. The van der Waals surface area contributed by atoms with Crippen molar-refractivity contribution in [1.82, 2.24) is 19.4 Å². The van der Waals surface area contributed by atoms with Crippen molar-refractivity contribution in [2.45, 2.75) is 13.0 Å². The van der Waals surface area contributed by atoms with E-state index in [1.165, 1.54) is 0 Å². The number of aromatic nitrogens is 3. The Labute approximate surface area is 128 Å². The number of piperazine rings is 1. The van der Waals surface area contributed by atoms with Crippen LogP contribution >= 0.6 is 23.2 Å². The molecule has 1 aliphatic heterocycles. The summed E-state index contributed by atoms with van der Waals surface area (Å²) in [5.41, 5.74) is 1.62. The zero-order chi connectivity index (χ0) is 14.4. The number of nitrogens with zero attached hydrogens (tertiary/aromatic N) is 5. The van der Waals surface area contributed by atoms with Crippen molar-refractivity contribution >= 4 is 40.2 Å². The molecule has 3 heterocycles. The van der Waals surface area contributed by atoms with E-state index in [9.17, 15) is 0 Å². The van der Waals surface area contributed by atoms with Crippen LogP contribution in [-0.4, -0.2) is 52.2 Å². The summed E-state index contributed by atoms with van der Waals surface area (Å²) in [6.45, 7) is 5.21. The minimum atomic E-state index is 0.358. The van der Waals surface area contributed by atoms with Crippen LogP contribution in [0.3, 0.4) is 0 Å². The molecule has 1 fully saturated rings. The Morgan fingerprint density at radius 2 is 1.95 bits per heavy atom. The van der Waals surface area contributed by atoms with Crippen LogP contribution in [0.4, 0.5) is 5.95 Å². The van der Waals surface area contributed by atoms with E-state index < -0.39 is 0 Å². The van der Waals surface area contributed by atoms with Gasteiger partial charge in [0.2, 0.25) is 5.95 Å². The van der Waals surface area contributed by atoms with Gasteiger partial charge in [0.05, 0.1) is 5.52 Å². The van der Waals surface area contributed by atoms with Gasteiger partial charge in [-0.2, -0.15) is 0 Å². The van der Waals surface area contributed by atoms with E-state index in [1.54, 1.807) is 6.07 Å². The lowest BCUT2D eigenvalue weighted by molar-refractivity contribution is 0.273. The zero-order valence-corrected chi connectivity index (χ0v) is 13.3. The van der Waals surface area contributed by atoms with E-state index in [-0.39, 0.29) is 0 Å². The molecule has 0 N–H and O–H groups in total. The molecule has 0 bridgehead atoms. The smallest absolute Gasteiger partial charge is 0.206 e. The zero-order valence-electron chi connectivity index (χ0n) is 11.8. The summed E-state index contributed by atoms with van der Waals surface area (Å²) < 4.78 is 2.04. The van der Waals surface area contributed by atoms with Crippen LogP contribution in [0.2, 0.25) is 10.3 Å². The fraction of sp³-hybridized carbons (Fsp3) is 0.538. The Morgan fingerprint density at radius 1 is 1.20 bits per heavy atom. The van der Waals surface area contributed by atoms with Crippen molar-refractivity contribution in [2.24, 2.45) is 7.05 Å². The van der Waals surface area contributed by atoms with Gasteiger partial charge in [-0.15, -0.1) is 0 Å². The molecular weight excluding hydrogens is 297 g/mol. The number of rotatable bonds is 1. The normalized spacial score (nSPS) is 20.9. The van der Waals surface area contributed by atoms with Crippen LogP contribution in [0, 0.1) is 0 Å². The molecule has 2 aromatic rings. The third-order valence-corrected chi connectivity index (χ3v) is 4.32. The van der Waals surface area contributed by atoms with E-state index in [2.05, 4.69) is 33.7 Å². The maximum absolute atomic E-state index is 6.15. The molecule has 1 atom stereocenters. The molecule has 0 amide bonds. The first-order valence-electron chi connectivity index (χ1n) is 6.61. The lowest BCUT2D eigenvalue weighted by atomic mass is 10.2. The molecule has 1 saturated heterocycles. The third-order valence-electron chi connectivity index (χ3n) is 3.86. The first-order valence-corrected chi connectivity index (χ1v) is 7.36. The number of imidazole rings is 1. The van der Waals surface area contributed by atoms with E-state index in [0.29, 0.717) is 21.9 Å². The topological polar surface area (TPSA) is 37.2 Å². The van der Waals surface area contributed by atoms with Gasteiger partial charge in [-0.25, -0.2) is 9.97 Å². The number of fused-ring (bicyclic) bond motifs is 1. The number of aryl methyl sites for hydroxylation is 1. The average Bonchev–Trinajstić information content (AvgIpc) is 2.68. The lowest BCUT2D eigenvalue weighted by Gasteiger charge is -2.38. The van der Waals surface area contributed by atoms with Gasteiger partial charge in [0, 0.05) is 38.8 Å². The van der Waals surface area contributed by atoms with Gasteiger partial charge < -0.3 is 14.4 Å². The molecule has 108 valence electrons. The van der Waals surface area contributed by atoms with Crippen molar-refractivity contribution in [3.05, 3.63) is 16.4 Å². The first-order chi connectivity index (χ1) is 9.47. The van der Waals surface area contributed by atoms with Gasteiger partial charge in [0.1, 0.15) is 10.7 Å². The maximum Gasteiger partial charge on any atom is 0.206 e. The predicted octanol–water partition coefficient (Wildman–Crippen LogP) is 2.42. The van der Waals surface area contributed by atoms with Gasteiger partial charge in [0.25, 0.3) is 0 Å². The molecule has 0 unspecified atom stereocenters. The number of halogens is 2. The summed E-state index contributed by atoms with van der Waals surface area (Å²) in [5, 5.41) is 0.750. The molecule has 0 aliphatic carbocycles. The van der Waals surface area contributed by atoms with Crippen LogP contribution in [0.1, 0.15) is 6.92 Å². The van der Waals surface area contributed by atoms with E-state index in [4.69, 9.17) is 23.2 Å². The minimum Gasteiger partial charge on any atom is -0.337 e. The SMILES string of the molecule is C[C@H]1CN(C)CCN1c1nc2c(Cl)nc(Cl)cc2n1C. The molecule has 7 heteroatoms. The van der Waals surface area contributed by atoms with Crippen molar-refractivity contribution in [1.29, 1.82) is 0 Å². The third kappa shape index (κ3) is 2.24. The highest BCUT2D eigenvalue weighted by molar-refractivity contribution is 6.36. The molecular formula is C13H17Cl2N5. The minimum absolute atomic E-state index is 0.358. The van der Waals surface area contributed by atoms with Crippen LogP contribution in [-0.2, 0) is 7.05 Å². The summed E-state index contributed by atoms with van der Waals surface area (Å²) in [5.74, 6) is 0.923. The van der Waals surface area contributed by atoms with Gasteiger partial charge in [-0.05, 0) is 14.0 Å². The number of hydrogen-bond donors (Lipinski definition) is 0. The van der Waals surface area contributed by atoms with E-state index >= 15 is 0 Å². The summed E-state index contributed by atoms with van der Waals surface area (Å²) in [6.07, 6.45) is 0. The highest BCUT2D eigenvalue weighted by atomic mass is 35.5. The lowest BCUT2D eigenvalue weighted by Crippen LogP contribution is -2.51. The largest absolute Gasteiger partial charge is 0.337 e. The Hall–Kier alpha value is -1.04. The molecule has 0 saturated carbocycles. The van der Waals surface area contributed by atoms with Crippen LogP contribution in [0.25, 0.3) is 11.0 Å². The second-order valence-electron chi connectivity index (χ2n) is 5.38. The fourth-order valence-corrected chi connectivity index (χ4v) is 3.26. The Bertz CT molecular complexity index is 654. The van der Waals surface area contributed by atoms with Crippen molar-refractivity contribution in [3.8, 4) is 0 Å². The highest BCUT2D eigenvalue weighted by Gasteiger charge is 2.26. The predicted molar refractivity (Wildman–Crippen MR) is 82.8 cm³/mol. The Kier molecular flexibility index (Phi) is 3.52. The first kappa shape index (κ1) is 13.9. The van der Waals surface area contributed by atoms with Gasteiger partial charge in [-0.1, -0.05) is 23.2 Å². The summed E-state index contributed by atoms with van der Waals surface area (Å²) in [4.78, 5) is 13.4. The monoisotopic (exact) mass is 313 g/mol. The molecule has 20 heavy (non-hydrogen) atoms. The van der Waals surface area contributed by atoms with Crippen molar-refractivity contribution in [3.63, 3.8) is 0 Å². The van der Waals surface area contributed by atoms with E-state index in [0.717, 1.165) is 31.1 Å². The van der Waals surface area contributed by atoms with Gasteiger partial charge in [-0.3, -0.25) is 0 Å². The molecule has 3 rings (SSSR count). The number of pyridine rings is 1. The molecule has 1 aliphatic rings. The van der Waals surface area contributed by atoms with Crippen molar-refractivity contribution < 1.29 is 0 Å². The second-order valence-corrected chi connectivity index (χ2v) is 6.12. The molecule has 5 nitrogen and oxygen atoms in total. The second kappa shape index (κ2) is 5.06. The van der Waals surface area contributed by atoms with Crippen molar-refractivity contribution in [2.75, 3.05) is 31.6 Å². The maximum atomic E-state index is 6.15. The van der Waals surface area contributed by atoms with Crippen LogP contribution in [0.15, 0.2) is 6.07 Å². The standard InChI is InChI=1S/C13H17Cl2N5/c1-8-7-18(2)4-5-20(8)13-17-11-9(19(13)3)6-10(14)16-12(11)15/h6,8H,4-5,7H2,1-3H3/t8-/m0/s1. The molecule has 0 radical (unpaired) electrons. The summed E-state index contributed by atoms with van der Waals surface area (Å²) in [6, 6.07) is 2.21. The Morgan fingerprint density at radius 3 is 2.65 bits per heavy atom. The Balaban J connectivity index is 2.08. The van der Waals surface area contributed by atoms with Gasteiger partial charge >= 0.3 is 0 Å². The quantitative estimate of drug-likeness (QED) is 0.758. The number of anilines is 1. The average molecular weight is 314 g/mol. The fourth-order valence-electron chi connectivity index (χ4n) is 2.80. The molecule has 0 spiro atoms. The molecule has 0 aromatic carbocycles. The number of hydrogen-bond acceptors (Lipinski definition) is 4. The highest BCUT2D eigenvalue weighted by Crippen LogP contribution is 2.29. The van der Waals surface area contributed by atoms with Crippen LogP contribution < -0.4 is 4.90 Å². The van der Waals surface area contributed by atoms with Crippen LogP contribution in [0.5, 0.6) is 0 Å². The number of likely N-dealkylation sites (N-methyl/N-ethyl adjacent to an activating group) is 1. The molecule has 2 aromatic heterocycles. The van der Waals surface area contributed by atoms with Gasteiger partial charge in [0.15, 0.2) is 5.15 Å². The van der Waals surface area contributed by atoms with E-state index in [1.807, 2.05) is 11.6 Å². The summed E-state index contributed by atoms with van der Waals surface area (Å²) >= 11 is 12.1.